The van der Waals surface area contributed by atoms with Gasteiger partial charge in [-0.05, 0) is 31.2 Å². The fourth-order valence-electron chi connectivity index (χ4n) is 2.07. The van der Waals surface area contributed by atoms with Crippen molar-refractivity contribution >= 4 is 27.3 Å². The van der Waals surface area contributed by atoms with Crippen molar-refractivity contribution in [3.05, 3.63) is 65.1 Å². The monoisotopic (exact) mass is 335 g/mol. The molecule has 0 aliphatic carbocycles. The Hall–Kier alpha value is -1.89. The van der Waals surface area contributed by atoms with Gasteiger partial charge in [-0.3, -0.25) is 0 Å². The zero-order chi connectivity index (χ0) is 15.7. The van der Waals surface area contributed by atoms with Gasteiger partial charge in [0.25, 0.3) is 0 Å². The number of rotatable bonds is 4. The largest absolute Gasteiger partial charge is 0.305 e. The summed E-state index contributed by atoms with van der Waals surface area (Å²) in [5, 5.41) is 0.594. The number of benzene rings is 1. The summed E-state index contributed by atoms with van der Waals surface area (Å²) in [6.07, 6.45) is 3.47. The minimum Gasteiger partial charge on any atom is -0.305 e. The zero-order valence-electron chi connectivity index (χ0n) is 11.8. The molecule has 22 heavy (non-hydrogen) atoms. The molecule has 0 bridgehead atoms. The minimum absolute atomic E-state index is 0.121. The van der Waals surface area contributed by atoms with Gasteiger partial charge in [0.1, 0.15) is 5.65 Å². The van der Waals surface area contributed by atoms with Crippen molar-refractivity contribution in [2.24, 2.45) is 0 Å². The van der Waals surface area contributed by atoms with Crippen molar-refractivity contribution in [2.45, 2.75) is 18.4 Å². The van der Waals surface area contributed by atoms with Gasteiger partial charge in [-0.1, -0.05) is 29.3 Å². The molecule has 0 saturated carbocycles. The quantitative estimate of drug-likeness (QED) is 0.797. The molecule has 7 heteroatoms. The average Bonchev–Trinajstić information content (AvgIpc) is 2.88. The van der Waals surface area contributed by atoms with Gasteiger partial charge in [0.15, 0.2) is 0 Å². The third kappa shape index (κ3) is 3.14. The number of hydrogen-bond donors (Lipinski definition) is 1. The van der Waals surface area contributed by atoms with Gasteiger partial charge in [-0.15, -0.1) is 0 Å². The molecule has 1 aromatic carbocycles. The maximum absolute atomic E-state index is 12.2. The molecule has 0 aliphatic heterocycles. The van der Waals surface area contributed by atoms with Gasteiger partial charge in [0, 0.05) is 12.4 Å². The number of fused-ring (bicyclic) bond motifs is 1. The standard InChI is InChI=1S/C15H14ClN3O2S/c1-11-2-5-14(6-3-11)22(20,21)17-8-13-10-19-9-12(16)4-7-15(19)18-13/h2-7,9-10,17H,8H2,1H3. The van der Waals surface area contributed by atoms with Crippen molar-refractivity contribution < 1.29 is 8.42 Å². The topological polar surface area (TPSA) is 63.5 Å². The highest BCUT2D eigenvalue weighted by molar-refractivity contribution is 7.89. The number of sulfonamides is 1. The van der Waals surface area contributed by atoms with Crippen molar-refractivity contribution in [3.8, 4) is 0 Å². The number of aryl methyl sites for hydroxylation is 1. The molecule has 0 aliphatic rings. The van der Waals surface area contributed by atoms with Gasteiger partial charge in [0.2, 0.25) is 10.0 Å². The van der Waals surface area contributed by atoms with Crippen LogP contribution in [0.2, 0.25) is 5.02 Å². The fourth-order valence-corrected chi connectivity index (χ4v) is 3.24. The molecule has 1 N–H and O–H groups in total. The van der Waals surface area contributed by atoms with E-state index in [0.717, 1.165) is 5.56 Å². The first kappa shape index (κ1) is 15.0. The summed E-state index contributed by atoms with van der Waals surface area (Å²) in [6.45, 7) is 2.03. The molecule has 0 atom stereocenters. The van der Waals surface area contributed by atoms with E-state index >= 15 is 0 Å². The Labute approximate surface area is 133 Å². The molecule has 3 rings (SSSR count). The molecule has 2 aromatic heterocycles. The van der Waals surface area contributed by atoms with Crippen molar-refractivity contribution in [1.82, 2.24) is 14.1 Å². The number of aromatic nitrogens is 2. The Kier molecular flexibility index (Phi) is 3.90. The minimum atomic E-state index is -3.55. The van der Waals surface area contributed by atoms with E-state index in [1.807, 2.05) is 6.92 Å². The van der Waals surface area contributed by atoms with Crippen LogP contribution < -0.4 is 4.72 Å². The lowest BCUT2D eigenvalue weighted by molar-refractivity contribution is 0.580. The first-order valence-electron chi connectivity index (χ1n) is 6.63. The molecule has 0 saturated heterocycles. The second-order valence-corrected chi connectivity index (χ2v) is 7.19. The Morgan fingerprint density at radius 2 is 1.86 bits per heavy atom. The Bertz CT molecular complexity index is 918. The summed E-state index contributed by atoms with van der Waals surface area (Å²) >= 11 is 5.91. The molecule has 0 radical (unpaired) electrons. The predicted octanol–water partition coefficient (Wildman–Crippen LogP) is 2.77. The highest BCUT2D eigenvalue weighted by Crippen LogP contribution is 2.13. The van der Waals surface area contributed by atoms with Crippen LogP contribution in [-0.2, 0) is 16.6 Å². The number of nitrogens with one attached hydrogen (secondary N) is 1. The summed E-state index contributed by atoms with van der Waals surface area (Å²) in [7, 11) is -3.55. The lowest BCUT2D eigenvalue weighted by Crippen LogP contribution is -2.23. The van der Waals surface area contributed by atoms with E-state index < -0.39 is 10.0 Å². The van der Waals surface area contributed by atoms with Crippen LogP contribution >= 0.6 is 11.6 Å². The van der Waals surface area contributed by atoms with Crippen LogP contribution in [0.1, 0.15) is 11.3 Å². The van der Waals surface area contributed by atoms with Crippen molar-refractivity contribution in [3.63, 3.8) is 0 Å². The summed E-state index contributed by atoms with van der Waals surface area (Å²) in [5.41, 5.74) is 2.35. The molecule has 0 fully saturated rings. The van der Waals surface area contributed by atoms with Crippen LogP contribution in [0.4, 0.5) is 0 Å². The van der Waals surface area contributed by atoms with Crippen LogP contribution in [0, 0.1) is 6.92 Å². The van der Waals surface area contributed by atoms with Crippen LogP contribution in [-0.4, -0.2) is 17.8 Å². The number of hydrogen-bond acceptors (Lipinski definition) is 3. The molecular weight excluding hydrogens is 322 g/mol. The van der Waals surface area contributed by atoms with Gasteiger partial charge >= 0.3 is 0 Å². The van der Waals surface area contributed by atoms with E-state index in [4.69, 9.17) is 11.6 Å². The lowest BCUT2D eigenvalue weighted by Gasteiger charge is -2.05. The van der Waals surface area contributed by atoms with E-state index in [1.54, 1.807) is 53.2 Å². The van der Waals surface area contributed by atoms with E-state index in [0.29, 0.717) is 16.4 Å². The van der Waals surface area contributed by atoms with E-state index in [9.17, 15) is 8.42 Å². The van der Waals surface area contributed by atoms with Crippen molar-refractivity contribution in [2.75, 3.05) is 0 Å². The van der Waals surface area contributed by atoms with Gasteiger partial charge < -0.3 is 4.40 Å². The van der Waals surface area contributed by atoms with E-state index in [-0.39, 0.29) is 11.4 Å². The summed E-state index contributed by atoms with van der Waals surface area (Å²) < 4.78 is 28.8. The molecular formula is C15H14ClN3O2S. The zero-order valence-corrected chi connectivity index (χ0v) is 13.4. The summed E-state index contributed by atoms with van der Waals surface area (Å²) in [5.74, 6) is 0. The molecule has 3 aromatic rings. The number of pyridine rings is 1. The predicted molar refractivity (Wildman–Crippen MR) is 85.4 cm³/mol. The maximum Gasteiger partial charge on any atom is 0.240 e. The molecule has 0 spiro atoms. The Morgan fingerprint density at radius 1 is 1.14 bits per heavy atom. The van der Waals surface area contributed by atoms with Gasteiger partial charge in [0.05, 0.1) is 22.2 Å². The molecule has 5 nitrogen and oxygen atoms in total. The van der Waals surface area contributed by atoms with Gasteiger partial charge in [-0.25, -0.2) is 18.1 Å². The second-order valence-electron chi connectivity index (χ2n) is 4.98. The first-order chi connectivity index (χ1) is 10.4. The normalized spacial score (nSPS) is 11.9. The summed E-state index contributed by atoms with van der Waals surface area (Å²) in [6, 6.07) is 10.2. The Morgan fingerprint density at radius 3 is 2.59 bits per heavy atom. The van der Waals surface area contributed by atoms with E-state index in [2.05, 4.69) is 9.71 Å². The number of imidazole rings is 1. The fraction of sp³-hybridized carbons (Fsp3) is 0.133. The highest BCUT2D eigenvalue weighted by atomic mass is 35.5. The summed E-state index contributed by atoms with van der Waals surface area (Å²) in [4.78, 5) is 4.58. The van der Waals surface area contributed by atoms with Crippen LogP contribution in [0.25, 0.3) is 5.65 Å². The van der Waals surface area contributed by atoms with Crippen LogP contribution in [0.3, 0.4) is 0 Å². The molecule has 114 valence electrons. The third-order valence-electron chi connectivity index (χ3n) is 3.24. The average molecular weight is 336 g/mol. The smallest absolute Gasteiger partial charge is 0.240 e. The molecule has 2 heterocycles. The SMILES string of the molecule is Cc1ccc(S(=O)(=O)NCc2cn3cc(Cl)ccc3n2)cc1. The van der Waals surface area contributed by atoms with Crippen LogP contribution in [0.5, 0.6) is 0 Å². The van der Waals surface area contributed by atoms with Crippen LogP contribution in [0.15, 0.2) is 53.7 Å². The maximum atomic E-state index is 12.2. The highest BCUT2D eigenvalue weighted by Gasteiger charge is 2.14. The Balaban J connectivity index is 1.79. The van der Waals surface area contributed by atoms with Gasteiger partial charge in [-0.2, -0.15) is 0 Å². The molecule has 0 unspecified atom stereocenters. The third-order valence-corrected chi connectivity index (χ3v) is 4.88. The first-order valence-corrected chi connectivity index (χ1v) is 8.50. The lowest BCUT2D eigenvalue weighted by atomic mass is 10.2. The van der Waals surface area contributed by atoms with E-state index in [1.165, 1.54) is 0 Å². The van der Waals surface area contributed by atoms with Crippen molar-refractivity contribution in [1.29, 1.82) is 0 Å². The number of nitrogens with zero attached hydrogens (tertiary/aromatic N) is 2. The number of halogens is 1. The molecule has 0 amide bonds. The second kappa shape index (κ2) is 5.72.